The number of piperidine rings is 1. The number of rotatable bonds is 1. The van der Waals surface area contributed by atoms with Crippen molar-refractivity contribution in [1.29, 1.82) is 0 Å². The van der Waals surface area contributed by atoms with Crippen LogP contribution in [0.25, 0.3) is 11.3 Å². The molecule has 0 bridgehead atoms. The Hall–Kier alpha value is -1.67. The van der Waals surface area contributed by atoms with Crippen molar-refractivity contribution >= 4 is 0 Å². The first-order chi connectivity index (χ1) is 8.97. The van der Waals surface area contributed by atoms with Gasteiger partial charge in [0.1, 0.15) is 0 Å². The van der Waals surface area contributed by atoms with Crippen molar-refractivity contribution in [2.75, 3.05) is 13.1 Å². The molecule has 0 atom stereocenters. The normalized spacial score (nSPS) is 14.4. The van der Waals surface area contributed by atoms with Gasteiger partial charge in [0.05, 0.1) is 5.69 Å². The van der Waals surface area contributed by atoms with E-state index in [1.54, 1.807) is 0 Å². The lowest BCUT2D eigenvalue weighted by Gasteiger charge is -2.08. The lowest BCUT2D eigenvalue weighted by Crippen LogP contribution is -2.21. The Morgan fingerprint density at radius 3 is 2.00 bits per heavy atom. The Morgan fingerprint density at radius 2 is 1.50 bits per heavy atom. The third kappa shape index (κ3) is 4.30. The fraction of sp³-hybridized carbons (Fsp3) is 0.312. The van der Waals surface area contributed by atoms with Gasteiger partial charge in [-0.15, -0.1) is 0 Å². The molecule has 2 aromatic rings. The average Bonchev–Trinajstić information content (AvgIpc) is 2.51. The van der Waals surface area contributed by atoms with Crippen LogP contribution in [0.2, 0.25) is 0 Å². The van der Waals surface area contributed by atoms with E-state index in [0.717, 1.165) is 11.3 Å². The van der Waals surface area contributed by atoms with Gasteiger partial charge >= 0.3 is 0 Å². The predicted molar refractivity (Wildman–Crippen MR) is 76.4 cm³/mol. The quantitative estimate of drug-likeness (QED) is 0.825. The van der Waals surface area contributed by atoms with Crippen LogP contribution in [0.3, 0.4) is 0 Å². The summed E-state index contributed by atoms with van der Waals surface area (Å²) in [6, 6.07) is 16.1. The van der Waals surface area contributed by atoms with Crippen LogP contribution < -0.4 is 5.32 Å². The molecule has 0 radical (unpaired) electrons. The zero-order valence-electron chi connectivity index (χ0n) is 10.7. The van der Waals surface area contributed by atoms with Crippen LogP contribution in [0.5, 0.6) is 0 Å². The van der Waals surface area contributed by atoms with Gasteiger partial charge in [-0.3, -0.25) is 4.98 Å². The minimum atomic E-state index is 1.03. The molecule has 1 aliphatic heterocycles. The number of hydrogen-bond acceptors (Lipinski definition) is 2. The first kappa shape index (κ1) is 12.8. The van der Waals surface area contributed by atoms with Crippen LogP contribution in [0, 0.1) is 0 Å². The molecule has 1 N–H and O–H groups in total. The highest BCUT2D eigenvalue weighted by Gasteiger charge is 1.94. The Kier molecular flexibility index (Phi) is 5.41. The van der Waals surface area contributed by atoms with Gasteiger partial charge in [-0.2, -0.15) is 0 Å². The second-order valence-corrected chi connectivity index (χ2v) is 4.39. The van der Waals surface area contributed by atoms with Crippen molar-refractivity contribution in [3.8, 4) is 11.3 Å². The van der Waals surface area contributed by atoms with Crippen molar-refractivity contribution in [2.24, 2.45) is 0 Å². The van der Waals surface area contributed by atoms with Crippen LogP contribution >= 0.6 is 0 Å². The van der Waals surface area contributed by atoms with Crippen molar-refractivity contribution in [3.05, 3.63) is 54.7 Å². The summed E-state index contributed by atoms with van der Waals surface area (Å²) >= 11 is 0. The van der Waals surface area contributed by atoms with Crippen LogP contribution in [-0.4, -0.2) is 18.1 Å². The molecule has 2 heterocycles. The van der Waals surface area contributed by atoms with E-state index in [1.165, 1.54) is 32.4 Å². The summed E-state index contributed by atoms with van der Waals surface area (Å²) in [7, 11) is 0. The van der Waals surface area contributed by atoms with Gasteiger partial charge in [0.2, 0.25) is 0 Å². The van der Waals surface area contributed by atoms with Gasteiger partial charge in [-0.25, -0.2) is 0 Å². The molecule has 1 aromatic heterocycles. The fourth-order valence-corrected chi connectivity index (χ4v) is 1.94. The van der Waals surface area contributed by atoms with E-state index < -0.39 is 0 Å². The van der Waals surface area contributed by atoms with E-state index in [0.29, 0.717) is 0 Å². The molecule has 3 rings (SSSR count). The lowest BCUT2D eigenvalue weighted by atomic mass is 10.1. The summed E-state index contributed by atoms with van der Waals surface area (Å²) in [4.78, 5) is 4.25. The summed E-state index contributed by atoms with van der Waals surface area (Å²) in [5.41, 5.74) is 2.19. The van der Waals surface area contributed by atoms with E-state index >= 15 is 0 Å². The number of aromatic nitrogens is 1. The van der Waals surface area contributed by atoms with Gasteiger partial charge in [0, 0.05) is 11.8 Å². The highest BCUT2D eigenvalue weighted by molar-refractivity contribution is 5.58. The largest absolute Gasteiger partial charge is 0.317 e. The molecule has 1 saturated heterocycles. The Balaban J connectivity index is 0.000000169. The minimum Gasteiger partial charge on any atom is -0.317 e. The fourth-order valence-electron chi connectivity index (χ4n) is 1.94. The maximum Gasteiger partial charge on any atom is 0.0701 e. The standard InChI is InChI=1S/C11H9N.C5H11N/c1-2-6-10(7-3-1)11-8-4-5-9-12-11;1-2-4-6-5-3-1/h1-9H;6H,1-5H2. The zero-order chi connectivity index (χ0) is 12.5. The number of nitrogens with zero attached hydrogens (tertiary/aromatic N) is 1. The summed E-state index contributed by atoms with van der Waals surface area (Å²) in [5.74, 6) is 0. The van der Waals surface area contributed by atoms with E-state index in [2.05, 4.69) is 22.4 Å². The molecule has 0 unspecified atom stereocenters. The molecule has 18 heavy (non-hydrogen) atoms. The average molecular weight is 240 g/mol. The third-order valence-electron chi connectivity index (χ3n) is 2.94. The first-order valence-electron chi connectivity index (χ1n) is 6.64. The highest BCUT2D eigenvalue weighted by atomic mass is 14.9. The molecule has 2 nitrogen and oxygen atoms in total. The predicted octanol–water partition coefficient (Wildman–Crippen LogP) is 3.51. The molecule has 94 valence electrons. The smallest absolute Gasteiger partial charge is 0.0701 e. The summed E-state index contributed by atoms with van der Waals surface area (Å²) in [5, 5.41) is 3.28. The number of pyridine rings is 1. The zero-order valence-corrected chi connectivity index (χ0v) is 10.7. The van der Waals surface area contributed by atoms with Crippen LogP contribution in [0.1, 0.15) is 19.3 Å². The summed E-state index contributed by atoms with van der Waals surface area (Å²) in [6.07, 6.45) is 6.02. The maximum atomic E-state index is 4.25. The van der Waals surface area contributed by atoms with Crippen molar-refractivity contribution in [2.45, 2.75) is 19.3 Å². The first-order valence-corrected chi connectivity index (χ1v) is 6.64. The van der Waals surface area contributed by atoms with Crippen molar-refractivity contribution < 1.29 is 0 Å². The number of benzene rings is 1. The number of nitrogens with one attached hydrogen (secondary N) is 1. The van der Waals surface area contributed by atoms with Gasteiger partial charge < -0.3 is 5.32 Å². The number of hydrogen-bond donors (Lipinski definition) is 1. The molecule has 1 aliphatic rings. The molecule has 0 saturated carbocycles. The molecule has 1 aromatic carbocycles. The van der Waals surface area contributed by atoms with E-state index in [4.69, 9.17) is 0 Å². The molecule has 0 amide bonds. The van der Waals surface area contributed by atoms with Gasteiger partial charge in [0.25, 0.3) is 0 Å². The lowest BCUT2D eigenvalue weighted by molar-refractivity contribution is 0.520. The second-order valence-electron chi connectivity index (χ2n) is 4.39. The second kappa shape index (κ2) is 7.62. The van der Waals surface area contributed by atoms with Crippen LogP contribution in [-0.2, 0) is 0 Å². The molecule has 0 aliphatic carbocycles. The summed E-state index contributed by atoms with van der Waals surface area (Å²) < 4.78 is 0. The Labute approximate surface area is 109 Å². The van der Waals surface area contributed by atoms with Gasteiger partial charge in [0.15, 0.2) is 0 Å². The van der Waals surface area contributed by atoms with E-state index in [9.17, 15) is 0 Å². The maximum absolute atomic E-state index is 4.25. The highest BCUT2D eigenvalue weighted by Crippen LogP contribution is 2.14. The van der Waals surface area contributed by atoms with Crippen LogP contribution in [0.4, 0.5) is 0 Å². The topological polar surface area (TPSA) is 24.9 Å². The summed E-state index contributed by atoms with van der Waals surface area (Å²) in [6.45, 7) is 2.50. The molecule has 1 fully saturated rings. The van der Waals surface area contributed by atoms with Crippen molar-refractivity contribution in [3.63, 3.8) is 0 Å². The minimum absolute atomic E-state index is 1.03. The van der Waals surface area contributed by atoms with E-state index in [1.807, 2.05) is 42.6 Å². The molecular formula is C16H20N2. The Bertz CT molecular complexity index is 372. The van der Waals surface area contributed by atoms with Gasteiger partial charge in [-0.05, 0) is 38.1 Å². The van der Waals surface area contributed by atoms with Crippen molar-refractivity contribution in [1.82, 2.24) is 10.3 Å². The Morgan fingerprint density at radius 1 is 0.778 bits per heavy atom. The molecule has 2 heteroatoms. The molecular weight excluding hydrogens is 220 g/mol. The third-order valence-corrected chi connectivity index (χ3v) is 2.94. The van der Waals surface area contributed by atoms with Gasteiger partial charge in [-0.1, -0.05) is 42.8 Å². The monoisotopic (exact) mass is 240 g/mol. The van der Waals surface area contributed by atoms with E-state index in [-0.39, 0.29) is 0 Å². The molecule has 0 spiro atoms. The SMILES string of the molecule is C1CCNCC1.c1ccc(-c2ccccn2)cc1. The van der Waals surface area contributed by atoms with Crippen LogP contribution in [0.15, 0.2) is 54.7 Å².